The molecular formula is C15H15F2NO3S. The molecule has 118 valence electrons. The van der Waals surface area contributed by atoms with Crippen LogP contribution in [0, 0.1) is 6.92 Å². The van der Waals surface area contributed by atoms with E-state index in [2.05, 4.69) is 4.72 Å². The minimum absolute atomic E-state index is 0.149. The van der Waals surface area contributed by atoms with E-state index in [1.807, 2.05) is 6.92 Å². The van der Waals surface area contributed by atoms with Crippen molar-refractivity contribution in [3.05, 3.63) is 54.1 Å². The third-order valence-electron chi connectivity index (χ3n) is 2.81. The van der Waals surface area contributed by atoms with Crippen LogP contribution in [0.15, 0.2) is 53.4 Å². The van der Waals surface area contributed by atoms with Gasteiger partial charge in [0.1, 0.15) is 12.4 Å². The lowest BCUT2D eigenvalue weighted by atomic mass is 10.2. The van der Waals surface area contributed by atoms with Gasteiger partial charge < -0.3 is 4.74 Å². The average Bonchev–Trinajstić information content (AvgIpc) is 2.46. The number of anilines is 1. The Labute approximate surface area is 127 Å². The third-order valence-corrected chi connectivity index (χ3v) is 4.21. The Balaban J connectivity index is 2.08. The summed E-state index contributed by atoms with van der Waals surface area (Å²) in [4.78, 5) is 0.149. The first-order valence-electron chi connectivity index (χ1n) is 6.47. The van der Waals surface area contributed by atoms with Crippen molar-refractivity contribution in [2.24, 2.45) is 0 Å². The lowest BCUT2D eigenvalue weighted by Crippen LogP contribution is -2.13. The molecule has 2 aromatic rings. The molecule has 22 heavy (non-hydrogen) atoms. The summed E-state index contributed by atoms with van der Waals surface area (Å²) in [7, 11) is -3.68. The summed E-state index contributed by atoms with van der Waals surface area (Å²) in [5.41, 5.74) is 1.28. The van der Waals surface area contributed by atoms with E-state index < -0.39 is 23.1 Å². The Morgan fingerprint density at radius 1 is 1.05 bits per heavy atom. The standard InChI is InChI=1S/C15H15F2NO3S/c1-11-2-8-14(9-3-11)22(19,20)18-12-4-6-13(7-5-12)21-10-15(16)17/h2-9,15,18H,10H2,1H3. The second-order valence-corrected chi connectivity index (χ2v) is 6.33. The first-order valence-corrected chi connectivity index (χ1v) is 7.95. The number of sulfonamides is 1. The maximum atomic E-state index is 12.2. The van der Waals surface area contributed by atoms with E-state index in [4.69, 9.17) is 4.74 Å². The lowest BCUT2D eigenvalue weighted by Gasteiger charge is -2.10. The number of alkyl halides is 2. The van der Waals surface area contributed by atoms with Gasteiger partial charge in [-0.2, -0.15) is 0 Å². The van der Waals surface area contributed by atoms with Crippen LogP contribution in [0.25, 0.3) is 0 Å². The van der Waals surface area contributed by atoms with Gasteiger partial charge in [-0.15, -0.1) is 0 Å². The number of halogens is 2. The first kappa shape index (κ1) is 16.2. The van der Waals surface area contributed by atoms with Crippen LogP contribution in [0.4, 0.5) is 14.5 Å². The number of hydrogen-bond donors (Lipinski definition) is 1. The normalized spacial score (nSPS) is 11.5. The van der Waals surface area contributed by atoms with Crippen molar-refractivity contribution in [2.45, 2.75) is 18.2 Å². The fourth-order valence-corrected chi connectivity index (χ4v) is 2.77. The lowest BCUT2D eigenvalue weighted by molar-refractivity contribution is 0.0819. The number of nitrogens with one attached hydrogen (secondary N) is 1. The van der Waals surface area contributed by atoms with Crippen LogP contribution in [0.1, 0.15) is 5.56 Å². The van der Waals surface area contributed by atoms with E-state index >= 15 is 0 Å². The predicted octanol–water partition coefficient (Wildman–Crippen LogP) is 3.44. The van der Waals surface area contributed by atoms with Gasteiger partial charge in [-0.3, -0.25) is 4.72 Å². The van der Waals surface area contributed by atoms with E-state index in [-0.39, 0.29) is 10.6 Å². The molecule has 1 N–H and O–H groups in total. The maximum Gasteiger partial charge on any atom is 0.272 e. The summed E-state index contributed by atoms with van der Waals surface area (Å²) in [5.74, 6) is 0.249. The molecule has 0 saturated carbocycles. The molecule has 2 aromatic carbocycles. The molecule has 0 fully saturated rings. The molecule has 0 spiro atoms. The monoisotopic (exact) mass is 327 g/mol. The fourth-order valence-electron chi connectivity index (χ4n) is 1.71. The molecule has 0 amide bonds. The minimum atomic E-state index is -3.68. The van der Waals surface area contributed by atoms with Crippen molar-refractivity contribution in [3.63, 3.8) is 0 Å². The molecule has 0 aliphatic heterocycles. The Bertz CT molecular complexity index is 713. The van der Waals surface area contributed by atoms with E-state index in [9.17, 15) is 17.2 Å². The molecule has 4 nitrogen and oxygen atoms in total. The number of hydrogen-bond acceptors (Lipinski definition) is 3. The van der Waals surface area contributed by atoms with Gasteiger partial charge in [0.05, 0.1) is 4.90 Å². The Hall–Kier alpha value is -2.15. The summed E-state index contributed by atoms with van der Waals surface area (Å²) in [6, 6.07) is 12.2. The molecule has 0 heterocycles. The van der Waals surface area contributed by atoms with Crippen LogP contribution in [0.3, 0.4) is 0 Å². The van der Waals surface area contributed by atoms with Crippen LogP contribution in [-0.4, -0.2) is 21.5 Å². The molecule has 0 aromatic heterocycles. The SMILES string of the molecule is Cc1ccc(S(=O)(=O)Nc2ccc(OCC(F)F)cc2)cc1. The smallest absolute Gasteiger partial charge is 0.272 e. The molecule has 0 unspecified atom stereocenters. The number of benzene rings is 2. The van der Waals surface area contributed by atoms with Gasteiger partial charge >= 0.3 is 0 Å². The maximum absolute atomic E-state index is 12.2. The molecular weight excluding hydrogens is 312 g/mol. The first-order chi connectivity index (χ1) is 10.4. The molecule has 2 rings (SSSR count). The van der Waals surface area contributed by atoms with E-state index in [0.29, 0.717) is 5.69 Å². The van der Waals surface area contributed by atoms with Crippen molar-refractivity contribution in [3.8, 4) is 5.75 Å². The highest BCUT2D eigenvalue weighted by molar-refractivity contribution is 7.92. The van der Waals surface area contributed by atoms with Gasteiger partial charge in [-0.1, -0.05) is 17.7 Å². The predicted molar refractivity (Wildman–Crippen MR) is 79.9 cm³/mol. The van der Waals surface area contributed by atoms with Gasteiger partial charge in [0, 0.05) is 5.69 Å². The highest BCUT2D eigenvalue weighted by Gasteiger charge is 2.13. The van der Waals surface area contributed by atoms with Crippen molar-refractivity contribution >= 4 is 15.7 Å². The second kappa shape index (κ2) is 6.74. The van der Waals surface area contributed by atoms with E-state index in [1.165, 1.54) is 36.4 Å². The van der Waals surface area contributed by atoms with Crippen molar-refractivity contribution in [1.82, 2.24) is 0 Å². The van der Waals surface area contributed by atoms with E-state index in [0.717, 1.165) is 5.56 Å². The third kappa shape index (κ3) is 4.42. The molecule has 0 aliphatic carbocycles. The largest absolute Gasteiger partial charge is 0.488 e. The van der Waals surface area contributed by atoms with Crippen molar-refractivity contribution in [2.75, 3.05) is 11.3 Å². The van der Waals surface area contributed by atoms with Crippen LogP contribution < -0.4 is 9.46 Å². The van der Waals surface area contributed by atoms with Crippen molar-refractivity contribution in [1.29, 1.82) is 0 Å². The zero-order valence-electron chi connectivity index (χ0n) is 11.8. The summed E-state index contributed by atoms with van der Waals surface area (Å²) in [6.07, 6.45) is -2.56. The Morgan fingerprint density at radius 3 is 2.18 bits per heavy atom. The summed E-state index contributed by atoms with van der Waals surface area (Å²) in [6.45, 7) is 1.16. The van der Waals surface area contributed by atoms with Gasteiger partial charge in [-0.05, 0) is 43.3 Å². The zero-order chi connectivity index (χ0) is 16.2. The molecule has 7 heteroatoms. The number of rotatable bonds is 6. The Morgan fingerprint density at radius 2 is 1.64 bits per heavy atom. The highest BCUT2D eigenvalue weighted by Crippen LogP contribution is 2.20. The zero-order valence-corrected chi connectivity index (χ0v) is 12.6. The number of ether oxygens (including phenoxy) is 1. The van der Waals surface area contributed by atoms with E-state index in [1.54, 1.807) is 12.1 Å². The van der Waals surface area contributed by atoms with Gasteiger partial charge in [0.15, 0.2) is 0 Å². The highest BCUT2D eigenvalue weighted by atomic mass is 32.2. The number of aryl methyl sites for hydroxylation is 1. The summed E-state index contributed by atoms with van der Waals surface area (Å²) >= 11 is 0. The molecule has 0 radical (unpaired) electrons. The van der Waals surface area contributed by atoms with Crippen LogP contribution in [0.5, 0.6) is 5.75 Å². The molecule has 0 aliphatic rings. The second-order valence-electron chi connectivity index (χ2n) is 4.65. The van der Waals surface area contributed by atoms with Crippen LogP contribution in [0.2, 0.25) is 0 Å². The van der Waals surface area contributed by atoms with Gasteiger partial charge in [0.2, 0.25) is 0 Å². The fraction of sp³-hybridized carbons (Fsp3) is 0.200. The van der Waals surface area contributed by atoms with Gasteiger partial charge in [0.25, 0.3) is 16.4 Å². The topological polar surface area (TPSA) is 55.4 Å². The van der Waals surface area contributed by atoms with Crippen LogP contribution >= 0.6 is 0 Å². The Kier molecular flexibility index (Phi) is 4.97. The molecule has 0 saturated heterocycles. The quantitative estimate of drug-likeness (QED) is 0.884. The summed E-state index contributed by atoms with van der Waals surface area (Å²) < 4.78 is 55.6. The average molecular weight is 327 g/mol. The van der Waals surface area contributed by atoms with Gasteiger partial charge in [-0.25, -0.2) is 17.2 Å². The molecule has 0 bridgehead atoms. The minimum Gasteiger partial charge on any atom is -0.488 e. The summed E-state index contributed by atoms with van der Waals surface area (Å²) in [5, 5.41) is 0. The molecule has 0 atom stereocenters. The van der Waals surface area contributed by atoms with Crippen molar-refractivity contribution < 1.29 is 21.9 Å². The van der Waals surface area contributed by atoms with Crippen LogP contribution in [-0.2, 0) is 10.0 Å².